The van der Waals surface area contributed by atoms with Gasteiger partial charge in [0.2, 0.25) is 0 Å². The first-order chi connectivity index (χ1) is 21.1. The zero-order valence-corrected chi connectivity index (χ0v) is 25.2. The van der Waals surface area contributed by atoms with Crippen LogP contribution in [0.2, 0.25) is 0 Å². The SMILES string of the molecule is CCN(C(=O)OCc1ccccc1)C1CCN(C[C@@H]2CCN(C(=O)c3cccc4ccccc34)C2)CC1.c1ccccc1. The fourth-order valence-corrected chi connectivity index (χ4v) is 6.25. The fraction of sp³-hybridized carbons (Fsp3) is 0.351. The number of ether oxygens (including phenoxy) is 1. The van der Waals surface area contributed by atoms with Gasteiger partial charge < -0.3 is 19.4 Å². The molecule has 6 nitrogen and oxygen atoms in total. The van der Waals surface area contributed by atoms with Gasteiger partial charge in [-0.1, -0.05) is 103 Å². The first-order valence-electron chi connectivity index (χ1n) is 15.6. The predicted octanol–water partition coefficient (Wildman–Crippen LogP) is 7.11. The monoisotopic (exact) mass is 577 g/mol. The third kappa shape index (κ3) is 8.23. The Labute approximate surface area is 255 Å². The number of benzene rings is 4. The average Bonchev–Trinajstić information content (AvgIpc) is 3.54. The molecule has 2 heterocycles. The molecular weight excluding hydrogens is 534 g/mol. The van der Waals surface area contributed by atoms with Crippen molar-refractivity contribution < 1.29 is 14.3 Å². The van der Waals surface area contributed by atoms with Crippen LogP contribution in [0.5, 0.6) is 0 Å². The summed E-state index contributed by atoms with van der Waals surface area (Å²) in [6, 6.07) is 36.1. The van der Waals surface area contributed by atoms with Gasteiger partial charge in [0.1, 0.15) is 6.61 Å². The molecular formula is C37H43N3O3. The maximum atomic E-state index is 13.3. The van der Waals surface area contributed by atoms with E-state index in [1.165, 1.54) is 0 Å². The molecule has 0 saturated carbocycles. The lowest BCUT2D eigenvalue weighted by Crippen LogP contribution is -2.48. The van der Waals surface area contributed by atoms with E-state index in [0.29, 0.717) is 19.1 Å². The normalized spacial score (nSPS) is 17.2. The lowest BCUT2D eigenvalue weighted by molar-refractivity contribution is 0.0606. The van der Waals surface area contributed by atoms with Crippen LogP contribution >= 0.6 is 0 Å². The zero-order chi connectivity index (χ0) is 29.9. The molecule has 43 heavy (non-hydrogen) atoms. The van der Waals surface area contributed by atoms with E-state index in [9.17, 15) is 9.59 Å². The molecule has 0 aliphatic carbocycles. The predicted molar refractivity (Wildman–Crippen MR) is 173 cm³/mol. The molecule has 0 radical (unpaired) electrons. The average molecular weight is 578 g/mol. The Balaban J connectivity index is 0.000000548. The Morgan fingerprint density at radius 1 is 0.767 bits per heavy atom. The Bertz CT molecular complexity index is 1410. The van der Waals surface area contributed by atoms with Crippen LogP contribution in [-0.4, -0.2) is 72.0 Å². The number of fused-ring (bicyclic) bond motifs is 1. The van der Waals surface area contributed by atoms with Gasteiger partial charge in [0.15, 0.2) is 0 Å². The van der Waals surface area contributed by atoms with Crippen molar-refractivity contribution in [3.63, 3.8) is 0 Å². The highest BCUT2D eigenvalue weighted by molar-refractivity contribution is 6.07. The number of hydrogen-bond donors (Lipinski definition) is 0. The molecule has 1 atom stereocenters. The van der Waals surface area contributed by atoms with Gasteiger partial charge in [-0.25, -0.2) is 4.79 Å². The van der Waals surface area contributed by atoms with Crippen molar-refractivity contribution >= 4 is 22.8 Å². The second-order valence-corrected chi connectivity index (χ2v) is 11.4. The van der Waals surface area contributed by atoms with Crippen LogP contribution < -0.4 is 0 Å². The number of rotatable bonds is 7. The fourth-order valence-electron chi connectivity index (χ4n) is 6.25. The van der Waals surface area contributed by atoms with E-state index in [1.54, 1.807) is 0 Å². The van der Waals surface area contributed by atoms with Crippen LogP contribution in [0.4, 0.5) is 4.79 Å². The Hall–Kier alpha value is -4.16. The van der Waals surface area contributed by atoms with Crippen LogP contribution in [0, 0.1) is 5.92 Å². The van der Waals surface area contributed by atoms with Crippen molar-refractivity contribution in [1.29, 1.82) is 0 Å². The van der Waals surface area contributed by atoms with E-state index >= 15 is 0 Å². The Morgan fingerprint density at radius 2 is 1.40 bits per heavy atom. The van der Waals surface area contributed by atoms with Crippen molar-refractivity contribution in [1.82, 2.24) is 14.7 Å². The Kier molecular flexibility index (Phi) is 10.8. The topological polar surface area (TPSA) is 53.1 Å². The van der Waals surface area contributed by atoms with Crippen molar-refractivity contribution in [2.45, 2.75) is 38.8 Å². The van der Waals surface area contributed by atoms with Gasteiger partial charge in [-0.2, -0.15) is 0 Å². The van der Waals surface area contributed by atoms with Gasteiger partial charge in [-0.15, -0.1) is 0 Å². The molecule has 2 aliphatic rings. The summed E-state index contributed by atoms with van der Waals surface area (Å²) in [5, 5.41) is 2.14. The van der Waals surface area contributed by atoms with Gasteiger partial charge in [-0.3, -0.25) is 4.79 Å². The molecule has 0 aromatic heterocycles. The van der Waals surface area contributed by atoms with E-state index < -0.39 is 0 Å². The van der Waals surface area contributed by atoms with Gasteiger partial charge in [0, 0.05) is 50.9 Å². The van der Waals surface area contributed by atoms with Gasteiger partial charge in [0.05, 0.1) is 0 Å². The van der Waals surface area contributed by atoms with E-state index in [0.717, 1.165) is 73.9 Å². The number of piperidine rings is 1. The van der Waals surface area contributed by atoms with Crippen LogP contribution in [0.3, 0.4) is 0 Å². The number of likely N-dealkylation sites (tertiary alicyclic amines) is 2. The van der Waals surface area contributed by atoms with E-state index in [-0.39, 0.29) is 18.0 Å². The largest absolute Gasteiger partial charge is 0.445 e. The zero-order valence-electron chi connectivity index (χ0n) is 25.2. The molecule has 2 fully saturated rings. The van der Waals surface area contributed by atoms with Gasteiger partial charge >= 0.3 is 6.09 Å². The molecule has 4 aromatic carbocycles. The molecule has 6 heteroatoms. The maximum Gasteiger partial charge on any atom is 0.410 e. The molecule has 0 N–H and O–H groups in total. The quantitative estimate of drug-likeness (QED) is 0.235. The maximum absolute atomic E-state index is 13.3. The van der Waals surface area contributed by atoms with Crippen LogP contribution in [0.15, 0.2) is 109 Å². The number of hydrogen-bond acceptors (Lipinski definition) is 4. The van der Waals surface area contributed by atoms with E-state index in [1.807, 2.05) is 114 Å². The summed E-state index contributed by atoms with van der Waals surface area (Å²) in [6.07, 6.45) is 2.74. The minimum Gasteiger partial charge on any atom is -0.445 e. The molecule has 0 bridgehead atoms. The molecule has 0 unspecified atom stereocenters. The van der Waals surface area contributed by atoms with Crippen molar-refractivity contribution in [3.8, 4) is 0 Å². The Morgan fingerprint density at radius 3 is 2.09 bits per heavy atom. The minimum atomic E-state index is -0.219. The summed E-state index contributed by atoms with van der Waals surface area (Å²) >= 11 is 0. The first-order valence-corrected chi connectivity index (χ1v) is 15.6. The smallest absolute Gasteiger partial charge is 0.410 e. The van der Waals surface area contributed by atoms with Crippen LogP contribution in [0.25, 0.3) is 10.8 Å². The summed E-state index contributed by atoms with van der Waals surface area (Å²) in [7, 11) is 0. The van der Waals surface area contributed by atoms with Crippen LogP contribution in [-0.2, 0) is 11.3 Å². The van der Waals surface area contributed by atoms with E-state index in [2.05, 4.69) is 17.0 Å². The number of nitrogens with zero attached hydrogens (tertiary/aromatic N) is 3. The lowest BCUT2D eigenvalue weighted by atomic mass is 10.0. The third-order valence-corrected chi connectivity index (χ3v) is 8.55. The molecule has 4 aromatic rings. The summed E-state index contributed by atoms with van der Waals surface area (Å²) in [5.41, 5.74) is 1.81. The van der Waals surface area contributed by atoms with Crippen molar-refractivity contribution in [2.24, 2.45) is 5.92 Å². The minimum absolute atomic E-state index is 0.144. The third-order valence-electron chi connectivity index (χ3n) is 8.55. The lowest BCUT2D eigenvalue weighted by Gasteiger charge is -2.38. The number of carbonyl (C=O) groups excluding carboxylic acids is 2. The molecule has 2 amide bonds. The van der Waals surface area contributed by atoms with Crippen molar-refractivity contribution in [2.75, 3.05) is 39.3 Å². The second kappa shape index (κ2) is 15.4. The highest BCUT2D eigenvalue weighted by atomic mass is 16.6. The summed E-state index contributed by atoms with van der Waals surface area (Å²) < 4.78 is 5.60. The summed E-state index contributed by atoms with van der Waals surface area (Å²) in [6.45, 7) is 7.58. The molecule has 224 valence electrons. The molecule has 2 aliphatic heterocycles. The van der Waals surface area contributed by atoms with Crippen LogP contribution in [0.1, 0.15) is 42.1 Å². The van der Waals surface area contributed by atoms with Gasteiger partial charge in [0.25, 0.3) is 5.91 Å². The first kappa shape index (κ1) is 30.3. The highest BCUT2D eigenvalue weighted by Crippen LogP contribution is 2.26. The summed E-state index contributed by atoms with van der Waals surface area (Å²) in [5.74, 6) is 0.638. The summed E-state index contributed by atoms with van der Waals surface area (Å²) in [4.78, 5) is 32.5. The van der Waals surface area contributed by atoms with E-state index in [4.69, 9.17) is 4.74 Å². The molecule has 0 spiro atoms. The van der Waals surface area contributed by atoms with Crippen molar-refractivity contribution in [3.05, 3.63) is 120 Å². The standard InChI is InChI=1S/C31H37N3O3.C6H6/c1-2-34(31(36)37-23-24-9-4-3-5-10-24)27-16-18-32(19-17-27)21-25-15-20-33(22-25)30(35)29-14-8-12-26-11-6-7-13-28(26)29;1-2-4-6-5-3-1/h3-14,25,27H,2,15-23H2,1H3;1-6H/t25-;/m0./s1. The molecule has 6 rings (SSSR count). The number of amides is 2. The van der Waals surface area contributed by atoms with Gasteiger partial charge in [-0.05, 0) is 54.5 Å². The highest BCUT2D eigenvalue weighted by Gasteiger charge is 2.32. The number of carbonyl (C=O) groups is 2. The molecule has 2 saturated heterocycles. The second-order valence-electron chi connectivity index (χ2n) is 11.4.